The molecule has 0 aliphatic heterocycles. The van der Waals surface area contributed by atoms with Gasteiger partial charge in [0, 0.05) is 9.75 Å². The van der Waals surface area contributed by atoms with Crippen LogP contribution in [0.15, 0.2) is 12.1 Å². The summed E-state index contributed by atoms with van der Waals surface area (Å²) in [5.74, 6) is 1.28. The number of aliphatic hydroxyl groups is 1. The normalized spacial score (nSPS) is 33.5. The molecule has 1 heterocycles. The first kappa shape index (κ1) is 13.6. The van der Waals surface area contributed by atoms with Crippen LogP contribution in [0.4, 0.5) is 0 Å². The second-order valence-electron chi connectivity index (χ2n) is 6.58. The van der Waals surface area contributed by atoms with Gasteiger partial charge in [0.15, 0.2) is 0 Å². The smallest absolute Gasteiger partial charge is 0.102 e. The molecule has 1 nitrogen and oxygen atoms in total. The van der Waals surface area contributed by atoms with Gasteiger partial charge in [-0.15, -0.1) is 11.3 Å². The molecule has 3 rings (SSSR count). The largest absolute Gasteiger partial charge is 0.384 e. The Balaban J connectivity index is 1.86. The van der Waals surface area contributed by atoms with Crippen LogP contribution in [0.2, 0.25) is 0 Å². The zero-order chi connectivity index (χ0) is 13.3. The van der Waals surface area contributed by atoms with Gasteiger partial charge in [0.25, 0.3) is 0 Å². The summed E-state index contributed by atoms with van der Waals surface area (Å²) < 4.78 is 0. The van der Waals surface area contributed by atoms with E-state index >= 15 is 0 Å². The summed E-state index contributed by atoms with van der Waals surface area (Å²) in [6, 6.07) is 4.35. The Hall–Kier alpha value is -0.340. The summed E-state index contributed by atoms with van der Waals surface area (Å²) in [6.45, 7) is 2.15. The second-order valence-corrected chi connectivity index (χ2v) is 7.87. The Kier molecular flexibility index (Phi) is 4.00. The quantitative estimate of drug-likeness (QED) is 0.806. The van der Waals surface area contributed by atoms with Gasteiger partial charge >= 0.3 is 0 Å². The van der Waals surface area contributed by atoms with Gasteiger partial charge in [-0.05, 0) is 43.7 Å². The maximum absolute atomic E-state index is 11.4. The highest BCUT2D eigenvalue weighted by Gasteiger charge is 2.45. The molecule has 1 aromatic heterocycles. The molecule has 106 valence electrons. The van der Waals surface area contributed by atoms with Gasteiger partial charge in [0.2, 0.25) is 0 Å². The molecule has 0 radical (unpaired) electrons. The summed E-state index contributed by atoms with van der Waals surface area (Å²) >= 11 is 1.81. The van der Waals surface area contributed by atoms with Gasteiger partial charge in [0.1, 0.15) is 5.60 Å². The van der Waals surface area contributed by atoms with Crippen LogP contribution in [0, 0.1) is 18.8 Å². The Morgan fingerprint density at radius 2 is 1.79 bits per heavy atom. The predicted octanol–water partition coefficient (Wildman–Crippen LogP) is 5.01. The molecule has 1 aromatic rings. The van der Waals surface area contributed by atoms with Crippen LogP contribution in [0.3, 0.4) is 0 Å². The Labute approximate surface area is 121 Å². The van der Waals surface area contributed by atoms with Gasteiger partial charge in [-0.3, -0.25) is 0 Å². The molecule has 2 heteroatoms. The first-order valence-corrected chi connectivity index (χ1v) is 8.81. The molecular weight excluding hydrogens is 252 g/mol. The molecule has 2 unspecified atom stereocenters. The first-order chi connectivity index (χ1) is 9.20. The van der Waals surface area contributed by atoms with E-state index in [9.17, 15) is 5.11 Å². The lowest BCUT2D eigenvalue weighted by atomic mass is 9.65. The van der Waals surface area contributed by atoms with E-state index in [1.54, 1.807) is 0 Å². The van der Waals surface area contributed by atoms with Crippen LogP contribution in [-0.2, 0) is 5.60 Å². The lowest BCUT2D eigenvalue weighted by Crippen LogP contribution is -2.42. The van der Waals surface area contributed by atoms with Crippen molar-refractivity contribution in [3.05, 3.63) is 21.9 Å². The second kappa shape index (κ2) is 5.57. The fraction of sp³-hybridized carbons (Fsp3) is 0.765. The van der Waals surface area contributed by atoms with E-state index in [0.717, 1.165) is 12.3 Å². The molecule has 19 heavy (non-hydrogen) atoms. The van der Waals surface area contributed by atoms with E-state index in [2.05, 4.69) is 19.1 Å². The topological polar surface area (TPSA) is 20.2 Å². The van der Waals surface area contributed by atoms with E-state index in [1.807, 2.05) is 11.3 Å². The summed E-state index contributed by atoms with van der Waals surface area (Å²) in [5.41, 5.74) is -0.515. The van der Waals surface area contributed by atoms with Crippen LogP contribution < -0.4 is 0 Å². The minimum Gasteiger partial charge on any atom is -0.384 e. The highest BCUT2D eigenvalue weighted by molar-refractivity contribution is 7.12. The zero-order valence-electron chi connectivity index (χ0n) is 12.0. The van der Waals surface area contributed by atoms with Crippen LogP contribution in [0.25, 0.3) is 0 Å². The lowest BCUT2D eigenvalue weighted by Gasteiger charge is -2.45. The fourth-order valence-corrected chi connectivity index (χ4v) is 5.37. The van der Waals surface area contributed by atoms with Crippen molar-refractivity contribution in [3.8, 4) is 0 Å². The fourth-order valence-electron chi connectivity index (χ4n) is 4.32. The molecule has 0 amide bonds. The molecule has 0 bridgehead atoms. The molecule has 2 fully saturated rings. The third kappa shape index (κ3) is 2.62. The monoisotopic (exact) mass is 278 g/mol. The minimum absolute atomic E-state index is 0.514. The molecule has 2 saturated carbocycles. The highest BCUT2D eigenvalue weighted by Crippen LogP contribution is 2.50. The molecular formula is C17H26OS. The molecule has 2 aliphatic rings. The third-order valence-corrected chi connectivity index (χ3v) is 6.49. The molecule has 0 spiro atoms. The summed E-state index contributed by atoms with van der Waals surface area (Å²) in [6.07, 6.45) is 11.6. The molecule has 2 atom stereocenters. The van der Waals surface area contributed by atoms with E-state index in [1.165, 1.54) is 61.1 Å². The Morgan fingerprint density at radius 3 is 2.47 bits per heavy atom. The molecule has 1 N–H and O–H groups in total. The number of hydrogen-bond acceptors (Lipinski definition) is 2. The lowest BCUT2D eigenvalue weighted by molar-refractivity contribution is -0.0807. The van der Waals surface area contributed by atoms with Gasteiger partial charge in [-0.25, -0.2) is 0 Å². The van der Waals surface area contributed by atoms with Crippen molar-refractivity contribution < 1.29 is 5.11 Å². The Morgan fingerprint density at radius 1 is 1.05 bits per heavy atom. The van der Waals surface area contributed by atoms with Crippen molar-refractivity contribution in [1.82, 2.24) is 0 Å². The number of rotatable bonds is 2. The van der Waals surface area contributed by atoms with Crippen LogP contribution in [0.1, 0.15) is 67.5 Å². The highest BCUT2D eigenvalue weighted by atomic mass is 32.1. The van der Waals surface area contributed by atoms with E-state index in [4.69, 9.17) is 0 Å². The van der Waals surface area contributed by atoms with Crippen molar-refractivity contribution in [1.29, 1.82) is 0 Å². The average molecular weight is 278 g/mol. The van der Waals surface area contributed by atoms with Crippen LogP contribution >= 0.6 is 11.3 Å². The number of hydrogen-bond donors (Lipinski definition) is 1. The van der Waals surface area contributed by atoms with Crippen molar-refractivity contribution >= 4 is 11.3 Å². The zero-order valence-corrected chi connectivity index (χ0v) is 12.8. The van der Waals surface area contributed by atoms with Gasteiger partial charge in [-0.1, -0.05) is 44.9 Å². The van der Waals surface area contributed by atoms with Crippen molar-refractivity contribution in [3.63, 3.8) is 0 Å². The van der Waals surface area contributed by atoms with Gasteiger partial charge in [0.05, 0.1) is 0 Å². The van der Waals surface area contributed by atoms with Crippen molar-refractivity contribution in [2.75, 3.05) is 0 Å². The average Bonchev–Trinajstić information content (AvgIpc) is 2.88. The number of thiophene rings is 1. The predicted molar refractivity (Wildman–Crippen MR) is 81.5 cm³/mol. The summed E-state index contributed by atoms with van der Waals surface area (Å²) in [7, 11) is 0. The van der Waals surface area contributed by atoms with Crippen LogP contribution in [-0.4, -0.2) is 5.11 Å². The van der Waals surface area contributed by atoms with Crippen LogP contribution in [0.5, 0.6) is 0 Å². The Bertz CT molecular complexity index is 419. The third-order valence-electron chi connectivity index (χ3n) is 5.32. The summed E-state index contributed by atoms with van der Waals surface area (Å²) in [4.78, 5) is 2.57. The molecule has 0 saturated heterocycles. The van der Waals surface area contributed by atoms with Crippen molar-refractivity contribution in [2.24, 2.45) is 11.8 Å². The SMILES string of the molecule is Cc1ccc(C2(O)CCCCC2C2CCCCC2)s1. The number of aryl methyl sites for hydroxylation is 1. The molecule has 2 aliphatic carbocycles. The van der Waals surface area contributed by atoms with E-state index in [-0.39, 0.29) is 0 Å². The van der Waals surface area contributed by atoms with Gasteiger partial charge < -0.3 is 5.11 Å². The summed E-state index contributed by atoms with van der Waals surface area (Å²) in [5, 5.41) is 11.4. The first-order valence-electron chi connectivity index (χ1n) is 7.99. The minimum atomic E-state index is -0.515. The maximum atomic E-state index is 11.4. The molecule has 0 aromatic carbocycles. The maximum Gasteiger partial charge on any atom is 0.102 e. The van der Waals surface area contributed by atoms with E-state index in [0.29, 0.717) is 5.92 Å². The van der Waals surface area contributed by atoms with E-state index < -0.39 is 5.60 Å². The van der Waals surface area contributed by atoms with Gasteiger partial charge in [-0.2, -0.15) is 0 Å². The standard InChI is InChI=1S/C17H26OS/c1-13-10-11-16(19-13)17(18)12-6-5-9-15(17)14-7-3-2-4-8-14/h10-11,14-15,18H,2-9,12H2,1H3. The van der Waals surface area contributed by atoms with Crippen molar-refractivity contribution in [2.45, 2.75) is 70.3 Å².